The highest BCUT2D eigenvalue weighted by molar-refractivity contribution is 5.65. The summed E-state index contributed by atoms with van der Waals surface area (Å²) >= 11 is 0. The van der Waals surface area contributed by atoms with Gasteiger partial charge in [0.15, 0.2) is 0 Å². The number of nitro groups is 1. The van der Waals surface area contributed by atoms with Crippen LogP contribution in [0.2, 0.25) is 0 Å². The molecule has 1 aromatic carbocycles. The van der Waals surface area contributed by atoms with Crippen LogP contribution in [0.1, 0.15) is 29.8 Å². The Labute approximate surface area is 220 Å². The Morgan fingerprint density at radius 3 is 2.56 bits per heavy atom. The van der Waals surface area contributed by atoms with Gasteiger partial charge in [-0.25, -0.2) is 19.3 Å². The first-order valence-corrected chi connectivity index (χ1v) is 12.2. The van der Waals surface area contributed by atoms with Crippen molar-refractivity contribution in [3.05, 3.63) is 81.8 Å². The summed E-state index contributed by atoms with van der Waals surface area (Å²) in [5.41, 5.74) is 1.49. The predicted octanol–water partition coefficient (Wildman–Crippen LogP) is 4.04. The summed E-state index contributed by atoms with van der Waals surface area (Å²) in [4.78, 5) is 25.3. The van der Waals surface area contributed by atoms with Gasteiger partial charge in [0.25, 0.3) is 0 Å². The SMILES string of the molecule is Cc1nc2cc(F)c(-c3cnc(N4CCC(O)(C[N+](=O)[O-])CC4)nc3)cn2c1Cc1ccccc1OC(F)F. The van der Waals surface area contributed by atoms with Crippen molar-refractivity contribution >= 4 is 11.6 Å². The molecular weight excluding hydrogens is 517 g/mol. The average molecular weight is 543 g/mol. The fourth-order valence-electron chi connectivity index (χ4n) is 4.84. The van der Waals surface area contributed by atoms with Crippen LogP contribution in [0.15, 0.2) is 48.9 Å². The van der Waals surface area contributed by atoms with Gasteiger partial charge in [-0.3, -0.25) is 10.1 Å². The summed E-state index contributed by atoms with van der Waals surface area (Å²) in [6.45, 7) is -1.02. The summed E-state index contributed by atoms with van der Waals surface area (Å²) in [5, 5.41) is 21.2. The van der Waals surface area contributed by atoms with Crippen molar-refractivity contribution in [2.45, 2.75) is 38.4 Å². The molecular formula is C26H25F3N6O4. The molecule has 1 aliphatic heterocycles. The zero-order valence-electron chi connectivity index (χ0n) is 20.9. The molecule has 0 atom stereocenters. The minimum Gasteiger partial charge on any atom is -0.435 e. The molecule has 0 bridgehead atoms. The second-order valence-corrected chi connectivity index (χ2v) is 9.54. The molecule has 1 saturated heterocycles. The van der Waals surface area contributed by atoms with Gasteiger partial charge in [-0.15, -0.1) is 0 Å². The third kappa shape index (κ3) is 5.62. The molecule has 204 valence electrons. The molecule has 0 radical (unpaired) electrons. The maximum absolute atomic E-state index is 15.1. The number of imidazole rings is 1. The minimum absolute atomic E-state index is 0.0581. The molecule has 0 spiro atoms. The fraction of sp³-hybridized carbons (Fsp3) is 0.346. The van der Waals surface area contributed by atoms with Crippen molar-refractivity contribution in [1.82, 2.24) is 19.4 Å². The number of hydrogen-bond acceptors (Lipinski definition) is 8. The van der Waals surface area contributed by atoms with E-state index in [4.69, 9.17) is 0 Å². The van der Waals surface area contributed by atoms with Gasteiger partial charge in [0.05, 0.1) is 5.69 Å². The number of para-hydroxylation sites is 1. The van der Waals surface area contributed by atoms with Gasteiger partial charge in [0.1, 0.15) is 22.8 Å². The van der Waals surface area contributed by atoms with Gasteiger partial charge >= 0.3 is 6.61 Å². The predicted molar refractivity (Wildman–Crippen MR) is 135 cm³/mol. The monoisotopic (exact) mass is 542 g/mol. The first-order chi connectivity index (χ1) is 18.6. The molecule has 0 saturated carbocycles. The van der Waals surface area contributed by atoms with Gasteiger partial charge in [-0.05, 0) is 13.0 Å². The van der Waals surface area contributed by atoms with Crippen LogP contribution >= 0.6 is 0 Å². The highest BCUT2D eigenvalue weighted by Gasteiger charge is 2.37. The van der Waals surface area contributed by atoms with E-state index in [1.54, 1.807) is 35.7 Å². The van der Waals surface area contributed by atoms with E-state index in [-0.39, 0.29) is 30.6 Å². The standard InChI is InChI=1S/C26H25F3N6O4/c1-16-21(10-17-4-2-3-5-22(17)39-24(28)29)34-14-19(20(27)11-23(34)32-16)18-12-30-25(31-13-18)33-8-6-26(36,7-9-33)15-35(37)38/h2-5,11-14,24,36H,6-10,15H2,1H3. The molecule has 0 aliphatic carbocycles. The number of benzene rings is 1. The number of alkyl halides is 2. The van der Waals surface area contributed by atoms with Crippen LogP contribution < -0.4 is 9.64 Å². The Bertz CT molecular complexity index is 1500. The number of nitrogens with zero attached hydrogens (tertiary/aromatic N) is 6. The molecule has 1 aliphatic rings. The Morgan fingerprint density at radius 1 is 1.21 bits per heavy atom. The van der Waals surface area contributed by atoms with E-state index in [0.29, 0.717) is 47.2 Å². The van der Waals surface area contributed by atoms with Crippen molar-refractivity contribution in [1.29, 1.82) is 0 Å². The number of pyridine rings is 1. The van der Waals surface area contributed by atoms with Crippen LogP contribution in [0.25, 0.3) is 16.8 Å². The number of fused-ring (bicyclic) bond motifs is 1. The average Bonchev–Trinajstić information content (AvgIpc) is 3.18. The van der Waals surface area contributed by atoms with Gasteiger partial charge in [-0.1, -0.05) is 18.2 Å². The topological polar surface area (TPSA) is 119 Å². The van der Waals surface area contributed by atoms with Crippen LogP contribution in [-0.4, -0.2) is 61.2 Å². The first kappa shape index (κ1) is 26.4. The minimum atomic E-state index is -2.96. The number of ether oxygens (including phenoxy) is 1. The number of halogens is 3. The summed E-state index contributed by atoms with van der Waals surface area (Å²) < 4.78 is 47.3. The number of aromatic nitrogens is 4. The molecule has 4 aromatic rings. The van der Waals surface area contributed by atoms with E-state index in [1.165, 1.54) is 24.5 Å². The number of piperidine rings is 1. The Kier molecular flexibility index (Phi) is 7.08. The summed E-state index contributed by atoms with van der Waals surface area (Å²) in [7, 11) is 0. The normalized spacial score (nSPS) is 15.2. The van der Waals surface area contributed by atoms with Crippen molar-refractivity contribution in [2.24, 2.45) is 0 Å². The number of hydrogen-bond donors (Lipinski definition) is 1. The molecule has 1 N–H and O–H groups in total. The van der Waals surface area contributed by atoms with E-state index in [1.807, 2.05) is 4.90 Å². The van der Waals surface area contributed by atoms with Crippen LogP contribution in [-0.2, 0) is 6.42 Å². The van der Waals surface area contributed by atoms with Gasteiger partial charge in [0, 0.05) is 84.3 Å². The molecule has 0 amide bonds. The highest BCUT2D eigenvalue weighted by Crippen LogP contribution is 2.30. The number of rotatable bonds is 8. The second-order valence-electron chi connectivity index (χ2n) is 9.54. The highest BCUT2D eigenvalue weighted by atomic mass is 19.3. The fourth-order valence-corrected chi connectivity index (χ4v) is 4.84. The van der Waals surface area contributed by atoms with Crippen molar-refractivity contribution in [3.63, 3.8) is 0 Å². The Morgan fingerprint density at radius 2 is 1.90 bits per heavy atom. The number of anilines is 1. The molecule has 5 rings (SSSR count). The lowest BCUT2D eigenvalue weighted by Gasteiger charge is -2.35. The van der Waals surface area contributed by atoms with Crippen LogP contribution in [0.4, 0.5) is 19.1 Å². The summed E-state index contributed by atoms with van der Waals surface area (Å²) in [5.74, 6) is -0.0967. The van der Waals surface area contributed by atoms with E-state index < -0.39 is 29.5 Å². The lowest BCUT2D eigenvalue weighted by atomic mass is 9.92. The molecule has 10 nitrogen and oxygen atoms in total. The summed E-state index contributed by atoms with van der Waals surface area (Å²) in [6.07, 6.45) is 5.19. The molecule has 3 aromatic heterocycles. The lowest BCUT2D eigenvalue weighted by Crippen LogP contribution is -2.48. The first-order valence-electron chi connectivity index (χ1n) is 12.2. The maximum atomic E-state index is 15.1. The van der Waals surface area contributed by atoms with E-state index >= 15 is 4.39 Å². The largest absolute Gasteiger partial charge is 0.435 e. The van der Waals surface area contributed by atoms with Crippen molar-refractivity contribution in [2.75, 3.05) is 24.5 Å². The van der Waals surface area contributed by atoms with Gasteiger partial charge in [-0.2, -0.15) is 8.78 Å². The Balaban J connectivity index is 1.40. The van der Waals surface area contributed by atoms with Crippen LogP contribution in [0.3, 0.4) is 0 Å². The third-order valence-corrected chi connectivity index (χ3v) is 6.91. The quantitative estimate of drug-likeness (QED) is 0.262. The van der Waals surface area contributed by atoms with Crippen LogP contribution in [0, 0.1) is 22.9 Å². The zero-order chi connectivity index (χ0) is 27.7. The molecule has 0 unspecified atom stereocenters. The van der Waals surface area contributed by atoms with Gasteiger partial charge < -0.3 is 19.1 Å². The Hall–Kier alpha value is -4.26. The number of aryl methyl sites for hydroxylation is 1. The maximum Gasteiger partial charge on any atom is 0.387 e. The van der Waals surface area contributed by atoms with E-state index in [0.717, 1.165) is 0 Å². The third-order valence-electron chi connectivity index (χ3n) is 6.91. The molecule has 13 heteroatoms. The van der Waals surface area contributed by atoms with Gasteiger partial charge in [0.2, 0.25) is 12.5 Å². The molecule has 39 heavy (non-hydrogen) atoms. The summed E-state index contributed by atoms with van der Waals surface area (Å²) in [6, 6.07) is 7.78. The molecule has 1 fully saturated rings. The zero-order valence-corrected chi connectivity index (χ0v) is 20.9. The van der Waals surface area contributed by atoms with Crippen LogP contribution in [0.5, 0.6) is 5.75 Å². The number of aliphatic hydroxyl groups is 1. The molecule has 4 heterocycles. The van der Waals surface area contributed by atoms with E-state index in [9.17, 15) is 24.0 Å². The van der Waals surface area contributed by atoms with Crippen molar-refractivity contribution < 1.29 is 27.9 Å². The second kappa shape index (κ2) is 10.5. The lowest BCUT2D eigenvalue weighted by molar-refractivity contribution is -0.501. The van der Waals surface area contributed by atoms with E-state index in [2.05, 4.69) is 19.7 Å². The smallest absolute Gasteiger partial charge is 0.387 e. The van der Waals surface area contributed by atoms with Crippen molar-refractivity contribution in [3.8, 4) is 16.9 Å².